The van der Waals surface area contributed by atoms with E-state index < -0.39 is 5.41 Å². The van der Waals surface area contributed by atoms with Crippen molar-refractivity contribution in [3.63, 3.8) is 0 Å². The van der Waals surface area contributed by atoms with Crippen molar-refractivity contribution >= 4 is 152 Å². The van der Waals surface area contributed by atoms with E-state index in [1.165, 1.54) is 192 Å². The largest absolute Gasteiger partial charge is 0.455 e. The van der Waals surface area contributed by atoms with Gasteiger partial charge in [0.05, 0.1) is 0 Å². The van der Waals surface area contributed by atoms with Crippen molar-refractivity contribution in [2.75, 3.05) is 0 Å². The second kappa shape index (κ2) is 24.8. The lowest BCUT2D eigenvalue weighted by Crippen LogP contribution is -2.16. The summed E-state index contributed by atoms with van der Waals surface area (Å²) in [4.78, 5) is 0. The zero-order valence-electron chi connectivity index (χ0n) is 66.6. The first-order valence-electron chi connectivity index (χ1n) is 42.1. The number of hydrogen-bond donors (Lipinski definition) is 0. The standard InChI is InChI=1S/C118H74O2/c1-117(2)102-45-20-19-32-85(102)100-65-99(76-50-46-71-61-77(51-47-70(71)60-76)104-88-33-11-15-37-92(88)107(93-38-16-12-34-89(93)104)86-42-21-27-67-24-5-8-29-80(67)86)115-110(112(100)117)98-59-56-75-64-74(55-57-84(75)114(98)120-115)82-41-23-44-97-109-103(118(3,4)111(82)97)66-101-96-58-54-69-26-7-10-31-83(69)113(96)119-116(101)106(109)79-53-49-72-62-78(52-48-73(72)63-79)105-90-35-13-17-39-94(90)108(95-40-18-14-36-91(95)105)87-43-22-28-68-25-6-9-30-81(68)87/h5-66H,1-4H3. The predicted octanol–water partition coefficient (Wildman–Crippen LogP) is 33.3. The topological polar surface area (TPSA) is 26.3 Å². The SMILES string of the molecule is CC1(C)c2cc3c(oc4c5ccccc5ccc34)c(-c3ccc4cc(-c5c6ccccc6c(-c6cccc7ccccc67)c6ccccc56)ccc4c3)c2-c2cccc(-c3ccc4c(ccc5c4oc4c(-c6ccc7cc(-c8c9ccccc9c(-c9cccc%10ccccc9%10)c9ccccc89)ccc7c6)cc6c(c45)C(C)(C)c4ccccc4-6)c3)c21. The Labute approximate surface area is 692 Å². The third-order valence-electron chi connectivity index (χ3n) is 27.7. The van der Waals surface area contributed by atoms with Gasteiger partial charge in [-0.25, -0.2) is 0 Å². The van der Waals surface area contributed by atoms with E-state index in [0.717, 1.165) is 82.3 Å². The van der Waals surface area contributed by atoms with Gasteiger partial charge in [-0.3, -0.25) is 0 Å². The molecular formula is C118H74O2. The molecule has 120 heavy (non-hydrogen) atoms. The highest BCUT2D eigenvalue weighted by Gasteiger charge is 2.43. The molecule has 0 atom stereocenters. The molecule has 2 aliphatic rings. The van der Waals surface area contributed by atoms with E-state index in [4.69, 9.17) is 8.83 Å². The maximum Gasteiger partial charge on any atom is 0.143 e. The molecule has 2 nitrogen and oxygen atoms in total. The minimum Gasteiger partial charge on any atom is -0.455 e. The zero-order valence-corrected chi connectivity index (χ0v) is 66.6. The Kier molecular flexibility index (Phi) is 13.9. The van der Waals surface area contributed by atoms with Crippen molar-refractivity contribution < 1.29 is 8.83 Å². The number of benzene rings is 22. The fourth-order valence-corrected chi connectivity index (χ4v) is 22.3. The van der Waals surface area contributed by atoms with Crippen LogP contribution in [-0.4, -0.2) is 0 Å². The van der Waals surface area contributed by atoms with E-state index in [-0.39, 0.29) is 5.41 Å². The van der Waals surface area contributed by atoms with Gasteiger partial charge in [-0.2, -0.15) is 0 Å². The van der Waals surface area contributed by atoms with E-state index >= 15 is 0 Å². The van der Waals surface area contributed by atoms with Gasteiger partial charge in [-0.05, 0) is 269 Å². The third-order valence-corrected chi connectivity index (χ3v) is 27.7. The molecule has 2 aromatic heterocycles. The molecule has 0 bridgehead atoms. The van der Waals surface area contributed by atoms with Crippen LogP contribution in [0.2, 0.25) is 0 Å². The molecule has 558 valence electrons. The molecule has 2 heterocycles. The fraction of sp³-hybridized carbons (Fsp3) is 0.0508. The monoisotopic (exact) mass is 1520 g/mol. The lowest BCUT2D eigenvalue weighted by molar-refractivity contribution is 0.659. The van der Waals surface area contributed by atoms with E-state index in [2.05, 4.69) is 404 Å². The van der Waals surface area contributed by atoms with Crippen LogP contribution in [0.1, 0.15) is 49.9 Å². The third kappa shape index (κ3) is 9.39. The molecule has 0 spiro atoms. The molecule has 0 unspecified atom stereocenters. The summed E-state index contributed by atoms with van der Waals surface area (Å²) >= 11 is 0. The predicted molar refractivity (Wildman–Crippen MR) is 509 cm³/mol. The molecule has 0 amide bonds. The Morgan fingerprint density at radius 3 is 1.10 bits per heavy atom. The molecule has 0 saturated heterocycles. The van der Waals surface area contributed by atoms with Crippen LogP contribution in [0.5, 0.6) is 0 Å². The molecule has 0 radical (unpaired) electrons. The van der Waals surface area contributed by atoms with Crippen molar-refractivity contribution in [2.45, 2.75) is 38.5 Å². The highest BCUT2D eigenvalue weighted by atomic mass is 16.3. The molecule has 0 N–H and O–H groups in total. The second-order valence-corrected chi connectivity index (χ2v) is 34.7. The van der Waals surface area contributed by atoms with Crippen LogP contribution in [0.25, 0.3) is 252 Å². The molecule has 22 aromatic carbocycles. The van der Waals surface area contributed by atoms with Crippen molar-refractivity contribution in [3.8, 4) is 100 Å². The maximum absolute atomic E-state index is 7.64. The lowest BCUT2D eigenvalue weighted by Gasteiger charge is -2.25. The van der Waals surface area contributed by atoms with Gasteiger partial charge in [0.25, 0.3) is 0 Å². The number of hydrogen-bond acceptors (Lipinski definition) is 2. The van der Waals surface area contributed by atoms with Crippen LogP contribution in [0.4, 0.5) is 0 Å². The summed E-state index contributed by atoms with van der Waals surface area (Å²) in [5, 5.41) is 28.7. The maximum atomic E-state index is 7.64. The van der Waals surface area contributed by atoms with Crippen molar-refractivity contribution in [1.29, 1.82) is 0 Å². The number of rotatable bonds is 7. The normalized spacial score (nSPS) is 13.5. The van der Waals surface area contributed by atoms with Gasteiger partial charge in [0, 0.05) is 54.3 Å². The molecule has 2 aliphatic carbocycles. The highest BCUT2D eigenvalue weighted by Crippen LogP contribution is 2.61. The van der Waals surface area contributed by atoms with Crippen LogP contribution in [0.3, 0.4) is 0 Å². The molecule has 26 rings (SSSR count). The second-order valence-electron chi connectivity index (χ2n) is 34.7. The molecular weight excluding hydrogens is 1450 g/mol. The van der Waals surface area contributed by atoms with Gasteiger partial charge >= 0.3 is 0 Å². The molecule has 2 heteroatoms. The van der Waals surface area contributed by atoms with Gasteiger partial charge in [0.2, 0.25) is 0 Å². The minimum atomic E-state index is -0.426. The summed E-state index contributed by atoms with van der Waals surface area (Å²) in [6.45, 7) is 9.68. The fourth-order valence-electron chi connectivity index (χ4n) is 22.3. The van der Waals surface area contributed by atoms with Gasteiger partial charge in [-0.15, -0.1) is 0 Å². The summed E-state index contributed by atoms with van der Waals surface area (Å²) in [5.41, 5.74) is 30.0. The smallest absolute Gasteiger partial charge is 0.143 e. The van der Waals surface area contributed by atoms with Crippen LogP contribution < -0.4 is 0 Å². The summed E-state index contributed by atoms with van der Waals surface area (Å²) in [6.07, 6.45) is 0. The summed E-state index contributed by atoms with van der Waals surface area (Å²) < 4.78 is 15.1. The summed E-state index contributed by atoms with van der Waals surface area (Å²) in [6, 6.07) is 141. The van der Waals surface area contributed by atoms with Crippen LogP contribution >= 0.6 is 0 Å². The van der Waals surface area contributed by atoms with Gasteiger partial charge in [0.1, 0.15) is 22.3 Å². The first-order chi connectivity index (χ1) is 59.0. The van der Waals surface area contributed by atoms with E-state index in [1.807, 2.05) is 0 Å². The van der Waals surface area contributed by atoms with Crippen LogP contribution in [-0.2, 0) is 10.8 Å². The van der Waals surface area contributed by atoms with Gasteiger partial charge in [0.15, 0.2) is 0 Å². The van der Waals surface area contributed by atoms with Crippen LogP contribution in [0, 0.1) is 0 Å². The van der Waals surface area contributed by atoms with E-state index in [1.54, 1.807) is 0 Å². The Bertz CT molecular complexity index is 8610. The van der Waals surface area contributed by atoms with Gasteiger partial charge < -0.3 is 8.83 Å². The zero-order chi connectivity index (χ0) is 79.1. The van der Waals surface area contributed by atoms with E-state index in [0.29, 0.717) is 0 Å². The quantitative estimate of drug-likeness (QED) is 0.149. The molecule has 24 aromatic rings. The average molecular weight is 1520 g/mol. The Morgan fingerprint density at radius 2 is 0.525 bits per heavy atom. The Hall–Kier alpha value is -15.0. The Morgan fingerprint density at radius 1 is 0.167 bits per heavy atom. The highest BCUT2D eigenvalue weighted by molar-refractivity contribution is 6.28. The van der Waals surface area contributed by atoms with Crippen molar-refractivity contribution in [3.05, 3.63) is 398 Å². The van der Waals surface area contributed by atoms with Crippen molar-refractivity contribution in [2.24, 2.45) is 0 Å². The van der Waals surface area contributed by atoms with Crippen LogP contribution in [0.15, 0.2) is 385 Å². The average Bonchev–Trinajstić information content (AvgIpc) is 1.53. The number of furan rings is 2. The van der Waals surface area contributed by atoms with Gasteiger partial charge in [-0.1, -0.05) is 343 Å². The molecule has 0 fully saturated rings. The number of fused-ring (bicyclic) bond motifs is 25. The first kappa shape index (κ1) is 67.2. The lowest BCUT2D eigenvalue weighted by atomic mass is 9.78. The Balaban J connectivity index is 0.610. The van der Waals surface area contributed by atoms with Crippen molar-refractivity contribution in [1.82, 2.24) is 0 Å². The molecule has 0 aliphatic heterocycles. The minimum absolute atomic E-state index is 0.291. The summed E-state index contributed by atoms with van der Waals surface area (Å²) in [7, 11) is 0. The molecule has 0 saturated carbocycles. The first-order valence-corrected chi connectivity index (χ1v) is 42.1. The summed E-state index contributed by atoms with van der Waals surface area (Å²) in [5.74, 6) is 0. The van der Waals surface area contributed by atoms with E-state index in [9.17, 15) is 0 Å².